The summed E-state index contributed by atoms with van der Waals surface area (Å²) in [7, 11) is 0. The Labute approximate surface area is 109 Å². The van der Waals surface area contributed by atoms with Gasteiger partial charge in [-0.3, -0.25) is 0 Å². The Kier molecular flexibility index (Phi) is 5.62. The van der Waals surface area contributed by atoms with Crippen molar-refractivity contribution >= 4 is 0 Å². The van der Waals surface area contributed by atoms with Crippen LogP contribution < -0.4 is 5.32 Å². The molecule has 1 aliphatic heterocycles. The van der Waals surface area contributed by atoms with E-state index in [2.05, 4.69) is 10.2 Å². The number of halogens is 1. The zero-order chi connectivity index (χ0) is 12.6. The summed E-state index contributed by atoms with van der Waals surface area (Å²) in [6.07, 6.45) is 4.75. The van der Waals surface area contributed by atoms with E-state index in [1.54, 1.807) is 12.1 Å². The average molecular weight is 250 g/mol. The zero-order valence-electron chi connectivity index (χ0n) is 11.0. The van der Waals surface area contributed by atoms with Crippen LogP contribution in [0.25, 0.3) is 0 Å². The topological polar surface area (TPSA) is 15.3 Å². The molecule has 0 amide bonds. The van der Waals surface area contributed by atoms with E-state index in [1.807, 2.05) is 12.1 Å². The van der Waals surface area contributed by atoms with Gasteiger partial charge in [0, 0.05) is 13.1 Å². The molecule has 0 atom stereocenters. The number of hydrogen-bond acceptors (Lipinski definition) is 2. The van der Waals surface area contributed by atoms with Crippen LogP contribution in [0, 0.1) is 5.82 Å². The molecular formula is C15H23FN2. The summed E-state index contributed by atoms with van der Waals surface area (Å²) in [4.78, 5) is 2.55. The second-order valence-electron chi connectivity index (χ2n) is 5.03. The van der Waals surface area contributed by atoms with Gasteiger partial charge in [-0.2, -0.15) is 0 Å². The minimum absolute atomic E-state index is 0.143. The first kappa shape index (κ1) is 13.5. The van der Waals surface area contributed by atoms with Crippen LogP contribution in [0.3, 0.4) is 0 Å². The monoisotopic (exact) mass is 250 g/mol. The van der Waals surface area contributed by atoms with Crippen molar-refractivity contribution in [2.45, 2.75) is 25.7 Å². The first-order chi connectivity index (χ1) is 8.84. The molecule has 0 aromatic heterocycles. The second-order valence-corrected chi connectivity index (χ2v) is 5.03. The largest absolute Gasteiger partial charge is 0.315 e. The highest BCUT2D eigenvalue weighted by atomic mass is 19.1. The van der Waals surface area contributed by atoms with Gasteiger partial charge < -0.3 is 10.2 Å². The summed E-state index contributed by atoms with van der Waals surface area (Å²) in [6, 6.07) is 6.89. The highest BCUT2D eigenvalue weighted by Gasteiger charge is 2.07. The molecular weight excluding hydrogens is 227 g/mol. The summed E-state index contributed by atoms with van der Waals surface area (Å²) in [5.41, 5.74) is 1.24. The molecule has 1 saturated heterocycles. The smallest absolute Gasteiger partial charge is 0.123 e. The van der Waals surface area contributed by atoms with Gasteiger partial charge in [-0.1, -0.05) is 12.1 Å². The van der Waals surface area contributed by atoms with Gasteiger partial charge in [0.1, 0.15) is 5.82 Å². The van der Waals surface area contributed by atoms with Crippen molar-refractivity contribution in [2.75, 3.05) is 32.7 Å². The van der Waals surface area contributed by atoms with Crippen molar-refractivity contribution in [2.24, 2.45) is 0 Å². The van der Waals surface area contributed by atoms with Crippen LogP contribution in [0.2, 0.25) is 0 Å². The molecule has 1 N–H and O–H groups in total. The molecule has 0 bridgehead atoms. The molecule has 0 unspecified atom stereocenters. The molecule has 0 aliphatic carbocycles. The summed E-state index contributed by atoms with van der Waals surface area (Å²) < 4.78 is 12.7. The van der Waals surface area contributed by atoms with Crippen LogP contribution in [0.15, 0.2) is 24.3 Å². The third-order valence-corrected chi connectivity index (χ3v) is 3.54. The van der Waals surface area contributed by atoms with Crippen molar-refractivity contribution in [1.29, 1.82) is 0 Å². The zero-order valence-corrected chi connectivity index (χ0v) is 11.0. The van der Waals surface area contributed by atoms with Gasteiger partial charge in [-0.05, 0) is 63.0 Å². The number of aryl methyl sites for hydroxylation is 1. The number of benzene rings is 1. The Balaban J connectivity index is 1.61. The van der Waals surface area contributed by atoms with Gasteiger partial charge in [0.25, 0.3) is 0 Å². The predicted molar refractivity (Wildman–Crippen MR) is 73.3 cm³/mol. The number of unbranched alkanes of at least 4 members (excludes halogenated alkanes) is 1. The van der Waals surface area contributed by atoms with Crippen molar-refractivity contribution < 1.29 is 4.39 Å². The van der Waals surface area contributed by atoms with Crippen LogP contribution in [0.1, 0.15) is 24.8 Å². The molecule has 0 radical (unpaired) electrons. The Bertz CT molecular complexity index is 329. The van der Waals surface area contributed by atoms with Crippen LogP contribution in [-0.4, -0.2) is 37.6 Å². The number of rotatable bonds is 5. The van der Waals surface area contributed by atoms with E-state index in [4.69, 9.17) is 0 Å². The van der Waals surface area contributed by atoms with E-state index in [0.717, 1.165) is 19.5 Å². The molecule has 18 heavy (non-hydrogen) atoms. The number of nitrogens with one attached hydrogen (secondary N) is 1. The van der Waals surface area contributed by atoms with Gasteiger partial charge >= 0.3 is 0 Å². The van der Waals surface area contributed by atoms with Gasteiger partial charge in [0.05, 0.1) is 0 Å². The molecule has 100 valence electrons. The van der Waals surface area contributed by atoms with Crippen LogP contribution in [-0.2, 0) is 6.42 Å². The van der Waals surface area contributed by atoms with Crippen LogP contribution in [0.4, 0.5) is 4.39 Å². The SMILES string of the molecule is Fc1ccc(CCCCN2CCCNCC2)cc1. The molecule has 1 fully saturated rings. The Morgan fingerprint density at radius 3 is 2.72 bits per heavy atom. The first-order valence-electron chi connectivity index (χ1n) is 7.02. The van der Waals surface area contributed by atoms with E-state index in [1.165, 1.54) is 44.5 Å². The lowest BCUT2D eigenvalue weighted by molar-refractivity contribution is 0.286. The molecule has 1 aromatic rings. The Hall–Kier alpha value is -0.930. The van der Waals surface area contributed by atoms with Gasteiger partial charge in [0.15, 0.2) is 0 Å². The summed E-state index contributed by atoms with van der Waals surface area (Å²) in [5.74, 6) is -0.143. The molecule has 1 aliphatic rings. The molecule has 3 heteroatoms. The normalized spacial score (nSPS) is 17.6. The molecule has 0 saturated carbocycles. The second kappa shape index (κ2) is 7.49. The fourth-order valence-electron chi connectivity index (χ4n) is 2.44. The Morgan fingerprint density at radius 2 is 1.89 bits per heavy atom. The lowest BCUT2D eigenvalue weighted by Gasteiger charge is -2.18. The maximum absolute atomic E-state index is 12.7. The van der Waals surface area contributed by atoms with Crippen LogP contribution >= 0.6 is 0 Å². The standard InChI is InChI=1S/C15H23FN2/c16-15-7-5-14(6-8-15)4-1-2-11-18-12-3-9-17-10-13-18/h5-8,17H,1-4,9-13H2. The van der Waals surface area contributed by atoms with Gasteiger partial charge in [0.2, 0.25) is 0 Å². The Morgan fingerprint density at radius 1 is 1.06 bits per heavy atom. The fourth-order valence-corrected chi connectivity index (χ4v) is 2.44. The summed E-state index contributed by atoms with van der Waals surface area (Å²) >= 11 is 0. The van der Waals surface area contributed by atoms with Gasteiger partial charge in [-0.25, -0.2) is 4.39 Å². The van der Waals surface area contributed by atoms with E-state index in [-0.39, 0.29) is 5.82 Å². The van der Waals surface area contributed by atoms with Crippen molar-refractivity contribution in [3.05, 3.63) is 35.6 Å². The van der Waals surface area contributed by atoms with Crippen molar-refractivity contribution in [1.82, 2.24) is 10.2 Å². The highest BCUT2D eigenvalue weighted by molar-refractivity contribution is 5.15. The summed E-state index contributed by atoms with van der Waals surface area (Å²) in [5, 5.41) is 3.42. The minimum Gasteiger partial charge on any atom is -0.315 e. The van der Waals surface area contributed by atoms with E-state index >= 15 is 0 Å². The van der Waals surface area contributed by atoms with Crippen molar-refractivity contribution in [3.63, 3.8) is 0 Å². The third-order valence-electron chi connectivity index (χ3n) is 3.54. The molecule has 1 heterocycles. The molecule has 2 rings (SSSR count). The average Bonchev–Trinajstić information content (AvgIpc) is 2.65. The number of hydrogen-bond donors (Lipinski definition) is 1. The summed E-state index contributed by atoms with van der Waals surface area (Å²) in [6.45, 7) is 5.88. The fraction of sp³-hybridized carbons (Fsp3) is 0.600. The lowest BCUT2D eigenvalue weighted by Crippen LogP contribution is -2.29. The maximum Gasteiger partial charge on any atom is 0.123 e. The molecule has 0 spiro atoms. The predicted octanol–water partition coefficient (Wildman–Crippen LogP) is 2.44. The van der Waals surface area contributed by atoms with E-state index in [0.29, 0.717) is 0 Å². The number of nitrogens with zero attached hydrogens (tertiary/aromatic N) is 1. The molecule has 1 aromatic carbocycles. The molecule has 2 nitrogen and oxygen atoms in total. The van der Waals surface area contributed by atoms with Crippen LogP contribution in [0.5, 0.6) is 0 Å². The quantitative estimate of drug-likeness (QED) is 0.808. The lowest BCUT2D eigenvalue weighted by atomic mass is 10.1. The van der Waals surface area contributed by atoms with Gasteiger partial charge in [-0.15, -0.1) is 0 Å². The van der Waals surface area contributed by atoms with E-state index in [9.17, 15) is 4.39 Å². The minimum atomic E-state index is -0.143. The first-order valence-corrected chi connectivity index (χ1v) is 7.02. The highest BCUT2D eigenvalue weighted by Crippen LogP contribution is 2.08. The van der Waals surface area contributed by atoms with E-state index < -0.39 is 0 Å². The maximum atomic E-state index is 12.7. The van der Waals surface area contributed by atoms with Crippen molar-refractivity contribution in [3.8, 4) is 0 Å². The third kappa shape index (κ3) is 4.75.